The molecule has 0 saturated carbocycles. The Balaban J connectivity index is 0.00000133. The van der Waals surface area contributed by atoms with Crippen LogP contribution >= 0.6 is 53.2 Å². The van der Waals surface area contributed by atoms with Crippen molar-refractivity contribution in [2.75, 3.05) is 11.4 Å². The minimum Gasteiger partial charge on any atom is -0.364 e. The molecule has 1 aromatic carbocycles. The molecule has 21 heavy (non-hydrogen) atoms. The molecule has 1 aliphatic rings. The summed E-state index contributed by atoms with van der Waals surface area (Å²) in [5.41, 5.74) is 9.74. The fourth-order valence-corrected chi connectivity index (χ4v) is 2.89. The van der Waals surface area contributed by atoms with E-state index in [9.17, 15) is 0 Å². The average Bonchev–Trinajstić information content (AvgIpc) is 2.80. The first-order valence-corrected chi connectivity index (χ1v) is 6.78. The van der Waals surface area contributed by atoms with Crippen LogP contribution in [0.5, 0.6) is 0 Å². The van der Waals surface area contributed by atoms with Gasteiger partial charge in [-0.15, -0.1) is 37.2 Å². The third-order valence-electron chi connectivity index (χ3n) is 3.23. The molecule has 2 aromatic rings. The lowest BCUT2D eigenvalue weighted by atomic mass is 9.98. The summed E-state index contributed by atoms with van der Waals surface area (Å²) in [7, 11) is 0. The molecular formula is C13H18BrCl3N4. The zero-order chi connectivity index (χ0) is 12.5. The number of halogens is 4. The van der Waals surface area contributed by atoms with Gasteiger partial charge in [-0.1, -0.05) is 15.9 Å². The Bertz CT molecular complexity index is 550. The number of nitrogens with one attached hydrogen (secondary N) is 1. The topological polar surface area (TPSA) is 57.9 Å². The maximum absolute atomic E-state index is 6.13. The van der Waals surface area contributed by atoms with Crippen molar-refractivity contribution in [1.82, 2.24) is 9.97 Å². The number of nitrogens with two attached hydrogens (primary N) is 1. The second-order valence-corrected chi connectivity index (χ2v) is 5.59. The highest BCUT2D eigenvalue weighted by molar-refractivity contribution is 9.10. The zero-order valence-corrected chi connectivity index (χ0v) is 15.2. The van der Waals surface area contributed by atoms with E-state index in [4.69, 9.17) is 5.73 Å². The van der Waals surface area contributed by atoms with E-state index in [1.54, 1.807) is 6.33 Å². The summed E-state index contributed by atoms with van der Waals surface area (Å²) in [6.45, 7) is 1.67. The molecule has 1 unspecified atom stereocenters. The quantitative estimate of drug-likeness (QED) is 0.790. The highest BCUT2D eigenvalue weighted by Gasteiger charge is 2.22. The number of fused-ring (bicyclic) bond motifs is 1. The SMILES string of the molecule is Cl.Cl.Cl.NC1Cc2cc(Br)ccc2N(Cc2c[nH]cn2)C1. The lowest BCUT2D eigenvalue weighted by molar-refractivity contribution is 0.596. The van der Waals surface area contributed by atoms with Gasteiger partial charge in [0.1, 0.15) is 0 Å². The molecule has 3 rings (SSSR count). The first-order chi connectivity index (χ1) is 8.72. The molecule has 4 nitrogen and oxygen atoms in total. The Morgan fingerprint density at radius 3 is 2.76 bits per heavy atom. The standard InChI is InChI=1S/C13H15BrN4.3ClH/c14-10-1-2-13-9(3-10)4-11(15)6-18(13)7-12-5-16-8-17-12;;;/h1-3,5,8,11H,4,6-7,15H2,(H,16,17);3*1H. The van der Waals surface area contributed by atoms with Gasteiger partial charge in [0.05, 0.1) is 18.6 Å². The Kier molecular flexibility index (Phi) is 8.66. The highest BCUT2D eigenvalue weighted by Crippen LogP contribution is 2.30. The van der Waals surface area contributed by atoms with Crippen molar-refractivity contribution in [3.05, 3.63) is 46.5 Å². The summed E-state index contributed by atoms with van der Waals surface area (Å²) >= 11 is 3.51. The second kappa shape index (κ2) is 8.86. The van der Waals surface area contributed by atoms with Crippen molar-refractivity contribution in [1.29, 1.82) is 0 Å². The molecule has 0 spiro atoms. The molecule has 0 aliphatic carbocycles. The Labute approximate surface area is 151 Å². The molecule has 2 heterocycles. The molecule has 0 fully saturated rings. The van der Waals surface area contributed by atoms with Crippen molar-refractivity contribution in [2.45, 2.75) is 19.0 Å². The Morgan fingerprint density at radius 2 is 2.10 bits per heavy atom. The van der Waals surface area contributed by atoms with Gasteiger partial charge in [0.2, 0.25) is 0 Å². The van der Waals surface area contributed by atoms with E-state index in [1.807, 2.05) is 6.20 Å². The Hall–Kier alpha value is -0.460. The van der Waals surface area contributed by atoms with Crippen molar-refractivity contribution < 1.29 is 0 Å². The highest BCUT2D eigenvalue weighted by atomic mass is 79.9. The first kappa shape index (κ1) is 20.5. The van der Waals surface area contributed by atoms with Crippen LogP contribution in [0.3, 0.4) is 0 Å². The number of benzene rings is 1. The Morgan fingerprint density at radius 1 is 1.33 bits per heavy atom. The van der Waals surface area contributed by atoms with E-state index in [0.717, 1.165) is 29.7 Å². The van der Waals surface area contributed by atoms with Crippen LogP contribution in [0.4, 0.5) is 5.69 Å². The van der Waals surface area contributed by atoms with Gasteiger partial charge >= 0.3 is 0 Å². The van der Waals surface area contributed by atoms with E-state index in [0.29, 0.717) is 0 Å². The average molecular weight is 417 g/mol. The fraction of sp³-hybridized carbons (Fsp3) is 0.308. The molecule has 0 radical (unpaired) electrons. The second-order valence-electron chi connectivity index (χ2n) is 4.68. The third kappa shape index (κ3) is 4.76. The predicted octanol–water partition coefficient (Wildman–Crippen LogP) is 3.33. The molecule has 3 N–H and O–H groups in total. The molecule has 8 heteroatoms. The van der Waals surface area contributed by atoms with Crippen molar-refractivity contribution in [3.8, 4) is 0 Å². The predicted molar refractivity (Wildman–Crippen MR) is 97.2 cm³/mol. The van der Waals surface area contributed by atoms with E-state index in [1.165, 1.54) is 11.3 Å². The third-order valence-corrected chi connectivity index (χ3v) is 3.72. The molecule has 1 aromatic heterocycles. The lowest BCUT2D eigenvalue weighted by Crippen LogP contribution is -2.43. The number of hydrogen-bond acceptors (Lipinski definition) is 3. The summed E-state index contributed by atoms with van der Waals surface area (Å²) in [6, 6.07) is 6.57. The maximum Gasteiger partial charge on any atom is 0.0923 e. The minimum atomic E-state index is 0. The largest absolute Gasteiger partial charge is 0.364 e. The molecule has 118 valence electrons. The maximum atomic E-state index is 6.13. The van der Waals surface area contributed by atoms with Gasteiger partial charge in [-0.05, 0) is 30.2 Å². The van der Waals surface area contributed by atoms with Crippen LogP contribution in [0.15, 0.2) is 35.2 Å². The van der Waals surface area contributed by atoms with E-state index >= 15 is 0 Å². The fourth-order valence-electron chi connectivity index (χ4n) is 2.48. The van der Waals surface area contributed by atoms with Crippen LogP contribution in [-0.2, 0) is 13.0 Å². The van der Waals surface area contributed by atoms with Crippen molar-refractivity contribution >= 4 is 58.8 Å². The summed E-state index contributed by atoms with van der Waals surface area (Å²) in [4.78, 5) is 9.56. The molecule has 0 saturated heterocycles. The number of imidazole rings is 1. The van der Waals surface area contributed by atoms with Gasteiger partial charge in [-0.3, -0.25) is 0 Å². The van der Waals surface area contributed by atoms with Gasteiger partial charge in [-0.25, -0.2) is 4.98 Å². The van der Waals surface area contributed by atoms with Crippen molar-refractivity contribution in [3.63, 3.8) is 0 Å². The summed E-state index contributed by atoms with van der Waals surface area (Å²) < 4.78 is 1.11. The molecule has 0 amide bonds. The smallest absolute Gasteiger partial charge is 0.0923 e. The van der Waals surface area contributed by atoms with Crippen LogP contribution in [0.1, 0.15) is 11.3 Å². The number of rotatable bonds is 2. The zero-order valence-electron chi connectivity index (χ0n) is 11.2. The van der Waals surface area contributed by atoms with Crippen LogP contribution in [-0.4, -0.2) is 22.6 Å². The number of nitrogens with zero attached hydrogens (tertiary/aromatic N) is 2. The van der Waals surface area contributed by atoms with Crippen LogP contribution < -0.4 is 10.6 Å². The minimum absolute atomic E-state index is 0. The van der Waals surface area contributed by atoms with Crippen molar-refractivity contribution in [2.24, 2.45) is 5.73 Å². The van der Waals surface area contributed by atoms with Crippen LogP contribution in [0, 0.1) is 0 Å². The van der Waals surface area contributed by atoms with Crippen LogP contribution in [0.2, 0.25) is 0 Å². The number of anilines is 1. The van der Waals surface area contributed by atoms with E-state index in [2.05, 4.69) is 49.0 Å². The van der Waals surface area contributed by atoms with Gasteiger partial charge < -0.3 is 15.6 Å². The first-order valence-electron chi connectivity index (χ1n) is 5.99. The normalized spacial score (nSPS) is 16.1. The summed E-state index contributed by atoms with van der Waals surface area (Å²) in [5, 5.41) is 0. The molecule has 1 atom stereocenters. The van der Waals surface area contributed by atoms with Gasteiger partial charge in [0.25, 0.3) is 0 Å². The van der Waals surface area contributed by atoms with E-state index < -0.39 is 0 Å². The van der Waals surface area contributed by atoms with Gasteiger partial charge in [0, 0.05) is 28.9 Å². The summed E-state index contributed by atoms with van der Waals surface area (Å²) in [5.74, 6) is 0. The number of H-pyrrole nitrogens is 1. The summed E-state index contributed by atoms with van der Waals surface area (Å²) in [6.07, 6.45) is 4.58. The van der Waals surface area contributed by atoms with Gasteiger partial charge in [0.15, 0.2) is 0 Å². The van der Waals surface area contributed by atoms with E-state index in [-0.39, 0.29) is 43.3 Å². The number of hydrogen-bond donors (Lipinski definition) is 2. The molecule has 1 aliphatic heterocycles. The van der Waals surface area contributed by atoms with Crippen LogP contribution in [0.25, 0.3) is 0 Å². The van der Waals surface area contributed by atoms with Gasteiger partial charge in [-0.2, -0.15) is 0 Å². The number of aromatic nitrogens is 2. The molecule has 0 bridgehead atoms. The monoisotopic (exact) mass is 414 g/mol. The molecular weight excluding hydrogens is 398 g/mol. The lowest BCUT2D eigenvalue weighted by Gasteiger charge is -2.34. The number of aromatic amines is 1.